The molecule has 0 saturated heterocycles. The van der Waals surface area contributed by atoms with Crippen LogP contribution in [0.5, 0.6) is 0 Å². The molecule has 0 aliphatic rings. The summed E-state index contributed by atoms with van der Waals surface area (Å²) in [5.74, 6) is -1.39. The molecule has 8 heteroatoms. The lowest BCUT2D eigenvalue weighted by atomic mass is 10.1. The standard InChI is InChI=1S/C20H30N4O3S/c1-3-5-6-7-12-21-17(19(26)27)14-18(25)23-15-9-8-10-16(13-15)24-20(28)22-11-4-2/h4,8-10,13,17,21H,2-3,5-7,11-12,14H2,1H3,(H,23,25)(H,26,27)(H2,22,24,28)/t17-/m0/s1. The van der Waals surface area contributed by atoms with Gasteiger partial charge in [0.2, 0.25) is 5.91 Å². The highest BCUT2D eigenvalue weighted by atomic mass is 32.1. The van der Waals surface area contributed by atoms with Crippen LogP contribution in [0.3, 0.4) is 0 Å². The van der Waals surface area contributed by atoms with Crippen molar-refractivity contribution in [1.29, 1.82) is 0 Å². The summed E-state index contributed by atoms with van der Waals surface area (Å²) in [6, 6.07) is 6.15. The van der Waals surface area contributed by atoms with Crippen molar-refractivity contribution in [2.75, 3.05) is 23.7 Å². The van der Waals surface area contributed by atoms with Crippen molar-refractivity contribution in [3.8, 4) is 0 Å². The van der Waals surface area contributed by atoms with Gasteiger partial charge in [-0.1, -0.05) is 38.3 Å². The number of carboxylic acids is 1. The first kappa shape index (κ1) is 23.6. The summed E-state index contributed by atoms with van der Waals surface area (Å²) in [6.45, 7) is 6.86. The first-order valence-corrected chi connectivity index (χ1v) is 9.89. The average molecular weight is 407 g/mol. The molecule has 5 N–H and O–H groups in total. The van der Waals surface area contributed by atoms with Gasteiger partial charge in [0.05, 0.1) is 6.42 Å². The van der Waals surface area contributed by atoms with E-state index in [1.807, 2.05) is 6.07 Å². The van der Waals surface area contributed by atoms with Gasteiger partial charge in [0.25, 0.3) is 0 Å². The van der Waals surface area contributed by atoms with Crippen LogP contribution < -0.4 is 21.3 Å². The summed E-state index contributed by atoms with van der Waals surface area (Å²) in [4.78, 5) is 23.6. The molecular weight excluding hydrogens is 376 g/mol. The van der Waals surface area contributed by atoms with Crippen LogP contribution in [-0.2, 0) is 9.59 Å². The molecule has 154 valence electrons. The molecule has 0 radical (unpaired) electrons. The molecule has 0 aliphatic carbocycles. The maximum absolute atomic E-state index is 12.3. The number of benzene rings is 1. The van der Waals surface area contributed by atoms with Gasteiger partial charge < -0.3 is 26.4 Å². The van der Waals surface area contributed by atoms with Gasteiger partial charge in [-0.3, -0.25) is 9.59 Å². The zero-order valence-corrected chi connectivity index (χ0v) is 17.1. The van der Waals surface area contributed by atoms with Crippen molar-refractivity contribution >= 4 is 40.6 Å². The molecule has 0 saturated carbocycles. The molecule has 28 heavy (non-hydrogen) atoms. The Morgan fingerprint density at radius 1 is 1.21 bits per heavy atom. The second-order valence-electron chi connectivity index (χ2n) is 6.36. The Labute approximate surface area is 172 Å². The number of nitrogens with one attached hydrogen (secondary N) is 4. The van der Waals surface area contributed by atoms with E-state index in [-0.39, 0.29) is 12.3 Å². The lowest BCUT2D eigenvalue weighted by Gasteiger charge is -2.15. The quantitative estimate of drug-likeness (QED) is 0.195. The van der Waals surface area contributed by atoms with Crippen LogP contribution in [0.1, 0.15) is 39.0 Å². The predicted molar refractivity (Wildman–Crippen MR) is 118 cm³/mol. The van der Waals surface area contributed by atoms with E-state index in [0.717, 1.165) is 25.7 Å². The largest absolute Gasteiger partial charge is 0.480 e. The Kier molecular flexibility index (Phi) is 11.5. The molecule has 0 fully saturated rings. The first-order chi connectivity index (χ1) is 13.5. The number of aliphatic carboxylic acids is 1. The van der Waals surface area contributed by atoms with Crippen molar-refractivity contribution in [2.45, 2.75) is 45.1 Å². The highest BCUT2D eigenvalue weighted by molar-refractivity contribution is 7.80. The summed E-state index contributed by atoms with van der Waals surface area (Å²) < 4.78 is 0. The number of unbranched alkanes of at least 4 members (excludes halogenated alkanes) is 3. The molecule has 0 bridgehead atoms. The Morgan fingerprint density at radius 2 is 1.93 bits per heavy atom. The fourth-order valence-electron chi connectivity index (χ4n) is 2.49. The van der Waals surface area contributed by atoms with E-state index in [1.165, 1.54) is 0 Å². The Bertz CT molecular complexity index is 667. The molecule has 1 aromatic rings. The van der Waals surface area contributed by atoms with Crippen LogP contribution in [0, 0.1) is 0 Å². The van der Waals surface area contributed by atoms with E-state index in [9.17, 15) is 14.7 Å². The summed E-state index contributed by atoms with van der Waals surface area (Å²) >= 11 is 5.15. The fourth-order valence-corrected chi connectivity index (χ4v) is 2.69. The molecule has 0 aliphatic heterocycles. The van der Waals surface area contributed by atoms with Crippen molar-refractivity contribution in [3.63, 3.8) is 0 Å². The maximum Gasteiger partial charge on any atom is 0.321 e. The second kappa shape index (κ2) is 13.7. The Morgan fingerprint density at radius 3 is 2.57 bits per heavy atom. The molecule has 0 heterocycles. The van der Waals surface area contributed by atoms with Crippen molar-refractivity contribution in [1.82, 2.24) is 10.6 Å². The summed E-state index contributed by atoms with van der Waals surface area (Å²) in [6.07, 6.45) is 5.74. The van der Waals surface area contributed by atoms with E-state index in [0.29, 0.717) is 29.6 Å². The van der Waals surface area contributed by atoms with Gasteiger partial charge in [0, 0.05) is 17.9 Å². The second-order valence-corrected chi connectivity index (χ2v) is 6.77. The number of carbonyl (C=O) groups excluding carboxylic acids is 1. The third-order valence-corrected chi connectivity index (χ3v) is 4.17. The van der Waals surface area contributed by atoms with Crippen molar-refractivity contribution < 1.29 is 14.7 Å². The highest BCUT2D eigenvalue weighted by Crippen LogP contribution is 2.15. The molecule has 1 atom stereocenters. The normalized spacial score (nSPS) is 11.3. The average Bonchev–Trinajstić information content (AvgIpc) is 2.65. The number of hydrogen-bond donors (Lipinski definition) is 5. The maximum atomic E-state index is 12.3. The van der Waals surface area contributed by atoms with Crippen LogP contribution in [0.4, 0.5) is 11.4 Å². The Hall–Kier alpha value is -2.45. The van der Waals surface area contributed by atoms with Gasteiger partial charge in [0.1, 0.15) is 6.04 Å². The minimum Gasteiger partial charge on any atom is -0.480 e. The minimum absolute atomic E-state index is 0.139. The molecule has 1 aromatic carbocycles. The van der Waals surface area contributed by atoms with Crippen LogP contribution in [0.2, 0.25) is 0 Å². The monoisotopic (exact) mass is 406 g/mol. The van der Waals surface area contributed by atoms with Crippen LogP contribution in [0.25, 0.3) is 0 Å². The zero-order chi connectivity index (χ0) is 20.8. The molecular formula is C20H30N4O3S. The van der Waals surface area contributed by atoms with Gasteiger partial charge in [-0.25, -0.2) is 0 Å². The zero-order valence-electron chi connectivity index (χ0n) is 16.3. The van der Waals surface area contributed by atoms with Gasteiger partial charge in [0.15, 0.2) is 5.11 Å². The third-order valence-electron chi connectivity index (χ3n) is 3.92. The molecule has 0 unspecified atom stereocenters. The summed E-state index contributed by atoms with van der Waals surface area (Å²) in [7, 11) is 0. The minimum atomic E-state index is -1.03. The summed E-state index contributed by atoms with van der Waals surface area (Å²) in [5.41, 5.74) is 1.27. The van der Waals surface area contributed by atoms with Gasteiger partial charge >= 0.3 is 5.97 Å². The smallest absolute Gasteiger partial charge is 0.321 e. The fraction of sp³-hybridized carbons (Fsp3) is 0.450. The molecule has 0 aromatic heterocycles. The van der Waals surface area contributed by atoms with E-state index in [2.05, 4.69) is 34.8 Å². The number of anilines is 2. The summed E-state index contributed by atoms with van der Waals surface area (Å²) in [5, 5.41) is 21.4. The molecule has 7 nitrogen and oxygen atoms in total. The van der Waals surface area contributed by atoms with E-state index >= 15 is 0 Å². The number of carbonyl (C=O) groups is 2. The topological polar surface area (TPSA) is 102 Å². The highest BCUT2D eigenvalue weighted by Gasteiger charge is 2.20. The van der Waals surface area contributed by atoms with Crippen LogP contribution >= 0.6 is 12.2 Å². The first-order valence-electron chi connectivity index (χ1n) is 9.48. The molecule has 0 spiro atoms. The predicted octanol–water partition coefficient (Wildman–Crippen LogP) is 3.11. The number of amides is 1. The molecule has 1 amide bonds. The number of carboxylic acid groups (broad SMARTS) is 1. The third kappa shape index (κ3) is 10.0. The lowest BCUT2D eigenvalue weighted by Crippen LogP contribution is -2.40. The molecule has 1 rings (SSSR count). The van der Waals surface area contributed by atoms with Crippen LogP contribution in [-0.4, -0.2) is 41.2 Å². The van der Waals surface area contributed by atoms with E-state index < -0.39 is 12.0 Å². The van der Waals surface area contributed by atoms with Crippen molar-refractivity contribution in [3.05, 3.63) is 36.9 Å². The van der Waals surface area contributed by atoms with Gasteiger partial charge in [-0.05, 0) is 43.4 Å². The van der Waals surface area contributed by atoms with Gasteiger partial charge in [-0.15, -0.1) is 6.58 Å². The van der Waals surface area contributed by atoms with Crippen LogP contribution in [0.15, 0.2) is 36.9 Å². The lowest BCUT2D eigenvalue weighted by molar-refractivity contribution is -0.141. The van der Waals surface area contributed by atoms with E-state index in [4.69, 9.17) is 12.2 Å². The van der Waals surface area contributed by atoms with Crippen molar-refractivity contribution in [2.24, 2.45) is 0 Å². The van der Waals surface area contributed by atoms with Gasteiger partial charge in [-0.2, -0.15) is 0 Å². The number of thiocarbonyl (C=S) groups is 1. The number of rotatable bonds is 13. The SMILES string of the molecule is C=CCNC(=S)Nc1cccc(NC(=O)C[C@H](NCCCCCC)C(=O)O)c1. The van der Waals surface area contributed by atoms with E-state index in [1.54, 1.807) is 24.3 Å². The number of hydrogen-bond acceptors (Lipinski definition) is 4. The Balaban J connectivity index is 2.53.